The van der Waals surface area contributed by atoms with Gasteiger partial charge >= 0.3 is 0 Å². The van der Waals surface area contributed by atoms with Crippen LogP contribution < -0.4 is 10.1 Å². The van der Waals surface area contributed by atoms with E-state index in [0.29, 0.717) is 5.69 Å². The van der Waals surface area contributed by atoms with Crippen LogP contribution in [0.15, 0.2) is 65.1 Å². The molecule has 0 atom stereocenters. The molecule has 0 aliphatic heterocycles. The molecule has 0 aliphatic rings. The van der Waals surface area contributed by atoms with Gasteiger partial charge in [0.2, 0.25) is 0 Å². The van der Waals surface area contributed by atoms with Crippen LogP contribution in [0, 0.1) is 11.8 Å². The average Bonchev–Trinajstić information content (AvgIpc) is 2.64. The van der Waals surface area contributed by atoms with Crippen molar-refractivity contribution in [2.45, 2.75) is 0 Å². The summed E-state index contributed by atoms with van der Waals surface area (Å²) in [6.45, 7) is 0.510. The number of amides is 1. The van der Waals surface area contributed by atoms with Gasteiger partial charge in [-0.05, 0) is 30.3 Å². The van der Waals surface area contributed by atoms with Gasteiger partial charge in [-0.25, -0.2) is 4.98 Å². The van der Waals surface area contributed by atoms with Gasteiger partial charge in [-0.15, -0.1) is 0 Å². The maximum atomic E-state index is 12.1. The van der Waals surface area contributed by atoms with Gasteiger partial charge in [0.1, 0.15) is 18.1 Å². The number of carbonyl (C=O) groups is 1. The fourth-order valence-electron chi connectivity index (χ4n) is 2.20. The lowest BCUT2D eigenvalue weighted by Crippen LogP contribution is -2.24. The van der Waals surface area contributed by atoms with E-state index in [0.717, 1.165) is 21.1 Å². The van der Waals surface area contributed by atoms with Gasteiger partial charge < -0.3 is 10.1 Å². The Hall–Kier alpha value is -2.84. The fraction of sp³-hybridized carbons (Fsp3) is 0.100. The van der Waals surface area contributed by atoms with Crippen LogP contribution in [0.2, 0.25) is 0 Å². The zero-order chi connectivity index (χ0) is 17.5. The van der Waals surface area contributed by atoms with Crippen molar-refractivity contribution in [1.82, 2.24) is 10.3 Å². The van der Waals surface area contributed by atoms with Crippen molar-refractivity contribution in [2.24, 2.45) is 0 Å². The Morgan fingerprint density at radius 1 is 1.08 bits per heavy atom. The Kier molecular flexibility index (Phi) is 5.65. The minimum Gasteiger partial charge on any atom is -0.481 e. The number of ether oxygens (including phenoxy) is 1. The molecule has 25 heavy (non-hydrogen) atoms. The molecular formula is C20H15BrN2O2. The summed E-state index contributed by atoms with van der Waals surface area (Å²) in [5, 5.41) is 3.74. The van der Waals surface area contributed by atoms with Crippen LogP contribution in [0.3, 0.4) is 0 Å². The summed E-state index contributed by atoms with van der Waals surface area (Å²) in [7, 11) is 0. The van der Waals surface area contributed by atoms with Gasteiger partial charge in [0.25, 0.3) is 5.91 Å². The van der Waals surface area contributed by atoms with Gasteiger partial charge in [-0.2, -0.15) is 0 Å². The molecule has 0 aliphatic carbocycles. The van der Waals surface area contributed by atoms with Gasteiger partial charge in [0.05, 0.1) is 12.1 Å². The van der Waals surface area contributed by atoms with E-state index in [1.54, 1.807) is 6.07 Å². The molecule has 0 saturated heterocycles. The Bertz CT molecular complexity index is 960. The number of hydrogen-bond donors (Lipinski definition) is 1. The molecule has 0 spiro atoms. The number of nitrogens with one attached hydrogen (secondary N) is 1. The number of para-hydroxylation sites is 1. The second-order valence-electron chi connectivity index (χ2n) is 5.17. The lowest BCUT2D eigenvalue weighted by Gasteiger charge is -2.03. The Morgan fingerprint density at radius 2 is 1.96 bits per heavy atom. The molecule has 5 heteroatoms. The zero-order valence-electron chi connectivity index (χ0n) is 13.3. The SMILES string of the molecule is O=C(NCC#CCOc1cccc(Br)c1)c1ccc2ccccc2n1. The van der Waals surface area contributed by atoms with Gasteiger partial charge in [-0.1, -0.05) is 58.1 Å². The second-order valence-corrected chi connectivity index (χ2v) is 6.09. The summed E-state index contributed by atoms with van der Waals surface area (Å²) in [5.74, 6) is 6.23. The van der Waals surface area contributed by atoms with E-state index in [2.05, 4.69) is 38.1 Å². The second kappa shape index (κ2) is 8.32. The highest BCUT2D eigenvalue weighted by atomic mass is 79.9. The van der Waals surface area contributed by atoms with Crippen molar-refractivity contribution >= 4 is 32.7 Å². The molecule has 3 rings (SSSR count). The molecule has 0 unspecified atom stereocenters. The van der Waals surface area contributed by atoms with E-state index in [9.17, 15) is 4.79 Å². The molecule has 0 bridgehead atoms. The minimum absolute atomic E-state index is 0.243. The topological polar surface area (TPSA) is 51.2 Å². The first-order chi connectivity index (χ1) is 12.2. The molecule has 0 saturated carbocycles. The van der Waals surface area contributed by atoms with Crippen LogP contribution >= 0.6 is 15.9 Å². The number of halogens is 1. The molecular weight excluding hydrogens is 380 g/mol. The van der Waals surface area contributed by atoms with Crippen molar-refractivity contribution < 1.29 is 9.53 Å². The highest BCUT2D eigenvalue weighted by molar-refractivity contribution is 9.10. The molecule has 124 valence electrons. The molecule has 1 amide bonds. The Labute approximate surface area is 154 Å². The fourth-order valence-corrected chi connectivity index (χ4v) is 2.58. The summed E-state index contributed by atoms with van der Waals surface area (Å²) in [6.07, 6.45) is 0. The molecule has 3 aromatic rings. The average molecular weight is 395 g/mol. The standard InChI is InChI=1S/C20H15BrN2O2/c21-16-7-5-8-17(14-16)25-13-4-3-12-22-20(24)19-11-10-15-6-1-2-9-18(15)23-19/h1-2,5-11,14H,12-13H2,(H,22,24). The number of carbonyl (C=O) groups excluding carboxylic acids is 1. The lowest BCUT2D eigenvalue weighted by molar-refractivity contribution is 0.0954. The van der Waals surface area contributed by atoms with Crippen molar-refractivity contribution in [3.8, 4) is 17.6 Å². The third kappa shape index (κ3) is 4.82. The summed E-state index contributed by atoms with van der Waals surface area (Å²) in [5.41, 5.74) is 1.18. The number of pyridine rings is 1. The normalized spacial score (nSPS) is 9.96. The Balaban J connectivity index is 1.49. The molecule has 1 aromatic heterocycles. The van der Waals surface area contributed by atoms with E-state index in [-0.39, 0.29) is 19.1 Å². The van der Waals surface area contributed by atoms with E-state index in [4.69, 9.17) is 4.74 Å². The first-order valence-corrected chi connectivity index (χ1v) is 8.50. The molecule has 0 fully saturated rings. The molecule has 4 nitrogen and oxygen atoms in total. The quantitative estimate of drug-likeness (QED) is 0.684. The zero-order valence-corrected chi connectivity index (χ0v) is 14.9. The van der Waals surface area contributed by atoms with Gasteiger partial charge in [0, 0.05) is 9.86 Å². The number of nitrogens with zero attached hydrogens (tertiary/aromatic N) is 1. The third-order valence-electron chi connectivity index (χ3n) is 3.40. The van der Waals surface area contributed by atoms with Gasteiger partial charge in [0.15, 0.2) is 0 Å². The van der Waals surface area contributed by atoms with Crippen LogP contribution in [0.4, 0.5) is 0 Å². The largest absolute Gasteiger partial charge is 0.481 e. The van der Waals surface area contributed by atoms with Crippen molar-refractivity contribution in [1.29, 1.82) is 0 Å². The molecule has 1 N–H and O–H groups in total. The van der Waals surface area contributed by atoms with Crippen LogP contribution in [0.5, 0.6) is 5.75 Å². The maximum Gasteiger partial charge on any atom is 0.270 e. The summed E-state index contributed by atoms with van der Waals surface area (Å²) >= 11 is 3.38. The van der Waals surface area contributed by atoms with Crippen molar-refractivity contribution in [2.75, 3.05) is 13.2 Å². The van der Waals surface area contributed by atoms with E-state index < -0.39 is 0 Å². The van der Waals surface area contributed by atoms with Crippen molar-refractivity contribution in [3.63, 3.8) is 0 Å². The summed E-state index contributed by atoms with van der Waals surface area (Å²) in [4.78, 5) is 16.5. The van der Waals surface area contributed by atoms with Crippen LogP contribution in [-0.2, 0) is 0 Å². The maximum absolute atomic E-state index is 12.1. The van der Waals surface area contributed by atoms with E-state index in [1.165, 1.54) is 0 Å². The predicted molar refractivity (Wildman–Crippen MR) is 101 cm³/mol. The summed E-state index contributed by atoms with van der Waals surface area (Å²) < 4.78 is 6.45. The number of benzene rings is 2. The first kappa shape index (κ1) is 17.0. The number of aromatic nitrogens is 1. The van der Waals surface area contributed by atoms with E-state index >= 15 is 0 Å². The highest BCUT2D eigenvalue weighted by Crippen LogP contribution is 2.17. The van der Waals surface area contributed by atoms with Crippen molar-refractivity contribution in [3.05, 3.63) is 70.8 Å². The number of rotatable bonds is 4. The molecule has 2 aromatic carbocycles. The van der Waals surface area contributed by atoms with Gasteiger partial charge in [-0.3, -0.25) is 4.79 Å². The smallest absolute Gasteiger partial charge is 0.270 e. The summed E-state index contributed by atoms with van der Waals surface area (Å²) in [6, 6.07) is 18.8. The number of fused-ring (bicyclic) bond motifs is 1. The third-order valence-corrected chi connectivity index (χ3v) is 3.89. The molecule has 1 heterocycles. The highest BCUT2D eigenvalue weighted by Gasteiger charge is 2.06. The first-order valence-electron chi connectivity index (χ1n) is 7.70. The minimum atomic E-state index is -0.243. The monoisotopic (exact) mass is 394 g/mol. The predicted octanol–water partition coefficient (Wildman–Crippen LogP) is 3.81. The van der Waals surface area contributed by atoms with Crippen LogP contribution in [-0.4, -0.2) is 24.0 Å². The lowest BCUT2D eigenvalue weighted by atomic mass is 10.2. The number of hydrogen-bond acceptors (Lipinski definition) is 3. The molecule has 0 radical (unpaired) electrons. The Morgan fingerprint density at radius 3 is 2.84 bits per heavy atom. The van der Waals surface area contributed by atoms with E-state index in [1.807, 2.05) is 54.6 Å². The van der Waals surface area contributed by atoms with Crippen LogP contribution in [0.1, 0.15) is 10.5 Å². The van der Waals surface area contributed by atoms with Crippen LogP contribution in [0.25, 0.3) is 10.9 Å².